The molecule has 0 unspecified atom stereocenters. The maximum atomic E-state index is 13.0. The Bertz CT molecular complexity index is 325. The van der Waals surface area contributed by atoms with Crippen LogP contribution >= 0.6 is 11.6 Å². The van der Waals surface area contributed by atoms with Gasteiger partial charge in [0.15, 0.2) is 0 Å². The van der Waals surface area contributed by atoms with Crippen molar-refractivity contribution in [3.63, 3.8) is 0 Å². The van der Waals surface area contributed by atoms with Gasteiger partial charge in [-0.15, -0.1) is 0 Å². The molecule has 0 aliphatic heterocycles. The molecule has 0 bridgehead atoms. The number of hydrogen-bond acceptors (Lipinski definition) is 1. The van der Waals surface area contributed by atoms with Crippen molar-refractivity contribution in [2.75, 3.05) is 0 Å². The predicted octanol–water partition coefficient (Wildman–Crippen LogP) is 2.43. The second-order valence-corrected chi connectivity index (χ2v) is 3.46. The van der Waals surface area contributed by atoms with Gasteiger partial charge in [0.05, 0.1) is 5.02 Å². The van der Waals surface area contributed by atoms with Crippen LogP contribution in [0.25, 0.3) is 0 Å². The molecule has 2 rings (SSSR count). The average Bonchev–Trinajstić information content (AvgIpc) is 2.41. The van der Waals surface area contributed by atoms with Crippen LogP contribution in [-0.4, -0.2) is 0 Å². The van der Waals surface area contributed by atoms with Crippen LogP contribution in [0.2, 0.25) is 5.02 Å². The highest BCUT2D eigenvalue weighted by atomic mass is 35.5. The number of nitrogens with two attached hydrogens (primary N) is 1. The van der Waals surface area contributed by atoms with Crippen molar-refractivity contribution in [3.8, 4) is 0 Å². The van der Waals surface area contributed by atoms with E-state index in [9.17, 15) is 4.39 Å². The summed E-state index contributed by atoms with van der Waals surface area (Å²) in [5.74, 6) is -0.368. The predicted molar refractivity (Wildman–Crippen MR) is 46.7 cm³/mol. The van der Waals surface area contributed by atoms with E-state index >= 15 is 0 Å². The molecule has 0 radical (unpaired) electrons. The van der Waals surface area contributed by atoms with Gasteiger partial charge in [0.1, 0.15) is 5.82 Å². The number of fused-ring (bicyclic) bond motifs is 1. The second kappa shape index (κ2) is 2.71. The fourth-order valence-corrected chi connectivity index (χ4v) is 2.01. The van der Waals surface area contributed by atoms with Crippen molar-refractivity contribution < 1.29 is 4.39 Å². The molecule has 3 heteroatoms. The van der Waals surface area contributed by atoms with Crippen LogP contribution < -0.4 is 5.73 Å². The van der Waals surface area contributed by atoms with E-state index in [1.165, 1.54) is 6.07 Å². The topological polar surface area (TPSA) is 26.0 Å². The molecule has 2 N–H and O–H groups in total. The van der Waals surface area contributed by atoms with Crippen molar-refractivity contribution >= 4 is 11.6 Å². The van der Waals surface area contributed by atoms with E-state index in [0.717, 1.165) is 24.0 Å². The monoisotopic (exact) mass is 185 g/mol. The molecule has 0 heterocycles. The minimum atomic E-state index is -0.368. The highest BCUT2D eigenvalue weighted by Crippen LogP contribution is 2.35. The van der Waals surface area contributed by atoms with Gasteiger partial charge in [0, 0.05) is 6.04 Å². The Morgan fingerprint density at radius 2 is 2.25 bits per heavy atom. The number of hydrogen-bond donors (Lipinski definition) is 1. The number of rotatable bonds is 0. The Labute approximate surface area is 75.3 Å². The van der Waals surface area contributed by atoms with Crippen LogP contribution in [0.15, 0.2) is 12.1 Å². The minimum absolute atomic E-state index is 0.0804. The summed E-state index contributed by atoms with van der Waals surface area (Å²) >= 11 is 5.78. The summed E-state index contributed by atoms with van der Waals surface area (Å²) in [5, 5.41) is 0.206. The maximum absolute atomic E-state index is 13.0. The largest absolute Gasteiger partial charge is 0.324 e. The molecule has 0 fully saturated rings. The summed E-state index contributed by atoms with van der Waals surface area (Å²) < 4.78 is 13.0. The third-order valence-electron chi connectivity index (χ3n) is 2.32. The van der Waals surface area contributed by atoms with E-state index in [1.54, 1.807) is 6.07 Å². The van der Waals surface area contributed by atoms with Gasteiger partial charge >= 0.3 is 0 Å². The molecule has 64 valence electrons. The summed E-state index contributed by atoms with van der Waals surface area (Å²) in [4.78, 5) is 0. The average molecular weight is 186 g/mol. The molecule has 1 aliphatic carbocycles. The molecular formula is C9H9ClFN. The van der Waals surface area contributed by atoms with E-state index in [1.807, 2.05) is 0 Å². The van der Waals surface area contributed by atoms with Gasteiger partial charge in [-0.1, -0.05) is 17.7 Å². The third-order valence-corrected chi connectivity index (χ3v) is 2.70. The SMILES string of the molecule is N[C@@H]1CCc2ccc(F)c(Cl)c21. The molecule has 12 heavy (non-hydrogen) atoms. The lowest BCUT2D eigenvalue weighted by Crippen LogP contribution is -2.06. The molecule has 0 saturated heterocycles. The van der Waals surface area contributed by atoms with Gasteiger partial charge < -0.3 is 5.73 Å². The van der Waals surface area contributed by atoms with E-state index in [-0.39, 0.29) is 16.9 Å². The summed E-state index contributed by atoms with van der Waals surface area (Å²) in [6.07, 6.45) is 1.79. The number of benzene rings is 1. The zero-order valence-electron chi connectivity index (χ0n) is 6.48. The lowest BCUT2D eigenvalue weighted by Gasteiger charge is -2.07. The fraction of sp³-hybridized carbons (Fsp3) is 0.333. The molecule has 1 aromatic rings. The Kier molecular flexibility index (Phi) is 1.81. The Morgan fingerprint density at radius 3 is 3.00 bits per heavy atom. The molecule has 1 atom stereocenters. The van der Waals surface area contributed by atoms with Crippen LogP contribution in [0.4, 0.5) is 4.39 Å². The highest BCUT2D eigenvalue weighted by molar-refractivity contribution is 6.31. The van der Waals surface area contributed by atoms with Crippen LogP contribution in [0.1, 0.15) is 23.6 Å². The summed E-state index contributed by atoms with van der Waals surface area (Å²) in [6.45, 7) is 0. The fourth-order valence-electron chi connectivity index (χ4n) is 1.68. The van der Waals surface area contributed by atoms with Crippen LogP contribution in [0, 0.1) is 5.82 Å². The van der Waals surface area contributed by atoms with Gasteiger partial charge in [0.2, 0.25) is 0 Å². The number of halogens is 2. The molecule has 0 aromatic heterocycles. The quantitative estimate of drug-likeness (QED) is 0.660. The second-order valence-electron chi connectivity index (χ2n) is 3.08. The van der Waals surface area contributed by atoms with Gasteiger partial charge in [-0.25, -0.2) is 4.39 Å². The van der Waals surface area contributed by atoms with Gasteiger partial charge in [0.25, 0.3) is 0 Å². The standard InChI is InChI=1S/C9H9ClFN/c10-9-6(11)3-1-5-2-4-7(12)8(5)9/h1,3,7H,2,4,12H2/t7-/m1/s1. The number of aryl methyl sites for hydroxylation is 1. The van der Waals surface area contributed by atoms with E-state index in [2.05, 4.69) is 0 Å². The highest BCUT2D eigenvalue weighted by Gasteiger charge is 2.23. The summed E-state index contributed by atoms with van der Waals surface area (Å²) in [6, 6.07) is 3.09. The third kappa shape index (κ3) is 1.03. The van der Waals surface area contributed by atoms with Crippen molar-refractivity contribution in [2.24, 2.45) is 5.73 Å². The summed E-state index contributed by atoms with van der Waals surface area (Å²) in [7, 11) is 0. The van der Waals surface area contributed by atoms with Crippen LogP contribution in [0.5, 0.6) is 0 Å². The zero-order valence-corrected chi connectivity index (χ0v) is 7.24. The molecule has 1 nitrogen and oxygen atoms in total. The van der Waals surface area contributed by atoms with Gasteiger partial charge in [-0.05, 0) is 30.0 Å². The Balaban J connectivity index is 2.63. The lowest BCUT2D eigenvalue weighted by atomic mass is 10.1. The zero-order chi connectivity index (χ0) is 8.72. The van der Waals surface area contributed by atoms with Crippen molar-refractivity contribution in [1.29, 1.82) is 0 Å². The summed E-state index contributed by atoms with van der Waals surface area (Å²) in [5.41, 5.74) is 7.66. The molecule has 0 spiro atoms. The lowest BCUT2D eigenvalue weighted by molar-refractivity contribution is 0.622. The maximum Gasteiger partial charge on any atom is 0.142 e. The van der Waals surface area contributed by atoms with Gasteiger partial charge in [-0.2, -0.15) is 0 Å². The van der Waals surface area contributed by atoms with Crippen molar-refractivity contribution in [3.05, 3.63) is 34.1 Å². The molecule has 0 amide bonds. The van der Waals surface area contributed by atoms with E-state index < -0.39 is 0 Å². The first-order chi connectivity index (χ1) is 5.70. The normalized spacial score (nSPS) is 21.1. The first-order valence-corrected chi connectivity index (χ1v) is 4.30. The van der Waals surface area contributed by atoms with Crippen LogP contribution in [0.3, 0.4) is 0 Å². The van der Waals surface area contributed by atoms with E-state index in [0.29, 0.717) is 0 Å². The van der Waals surface area contributed by atoms with E-state index in [4.69, 9.17) is 17.3 Å². The molecule has 1 aliphatic rings. The molecule has 1 aromatic carbocycles. The Hall–Kier alpha value is -0.600. The van der Waals surface area contributed by atoms with Crippen molar-refractivity contribution in [2.45, 2.75) is 18.9 Å². The minimum Gasteiger partial charge on any atom is -0.324 e. The molecule has 0 saturated carbocycles. The first kappa shape index (κ1) is 8.02. The van der Waals surface area contributed by atoms with Crippen LogP contribution in [-0.2, 0) is 6.42 Å². The Morgan fingerprint density at radius 1 is 1.50 bits per heavy atom. The van der Waals surface area contributed by atoms with Gasteiger partial charge in [-0.3, -0.25) is 0 Å². The smallest absolute Gasteiger partial charge is 0.142 e. The van der Waals surface area contributed by atoms with Crippen molar-refractivity contribution in [1.82, 2.24) is 0 Å². The molecular weight excluding hydrogens is 177 g/mol. The first-order valence-electron chi connectivity index (χ1n) is 3.92.